The lowest BCUT2D eigenvalue weighted by atomic mass is 9.69. The molecule has 0 aromatic heterocycles. The van der Waals surface area contributed by atoms with E-state index in [0.29, 0.717) is 6.54 Å². The van der Waals surface area contributed by atoms with Gasteiger partial charge in [-0.2, -0.15) is 0 Å². The molecule has 23 heavy (non-hydrogen) atoms. The number of benzene rings is 1. The van der Waals surface area contributed by atoms with Gasteiger partial charge in [0, 0.05) is 24.5 Å². The number of rotatable bonds is 2. The fourth-order valence-corrected chi connectivity index (χ4v) is 4.28. The van der Waals surface area contributed by atoms with Crippen LogP contribution in [0.25, 0.3) is 0 Å². The van der Waals surface area contributed by atoms with Gasteiger partial charge in [-0.15, -0.1) is 0 Å². The van der Waals surface area contributed by atoms with Gasteiger partial charge in [-0.05, 0) is 45.3 Å². The van der Waals surface area contributed by atoms with Gasteiger partial charge in [0.2, 0.25) is 5.91 Å². The molecule has 1 saturated carbocycles. The quantitative estimate of drug-likeness (QED) is 0.868. The largest absolute Gasteiger partial charge is 0.361 e. The first-order valence-electron chi connectivity index (χ1n) is 8.35. The minimum Gasteiger partial charge on any atom is -0.361 e. The van der Waals surface area contributed by atoms with E-state index < -0.39 is 6.35 Å². The zero-order valence-corrected chi connectivity index (χ0v) is 14.2. The number of hydrogen-bond acceptors (Lipinski definition) is 4. The summed E-state index contributed by atoms with van der Waals surface area (Å²) in [6.45, 7) is 2.11. The topological polar surface area (TPSA) is 55.8 Å². The van der Waals surface area contributed by atoms with Crippen molar-refractivity contribution in [2.45, 2.75) is 50.0 Å². The molecular formula is C18H27N3O2. The van der Waals surface area contributed by atoms with E-state index in [1.54, 1.807) is 0 Å². The molecule has 1 spiro atoms. The van der Waals surface area contributed by atoms with Gasteiger partial charge in [0.05, 0.1) is 0 Å². The molecule has 2 fully saturated rings. The minimum absolute atomic E-state index is 0.0305. The molecule has 1 aromatic carbocycles. The molecule has 126 valence electrons. The maximum absolute atomic E-state index is 11.7. The third-order valence-corrected chi connectivity index (χ3v) is 5.81. The maximum Gasteiger partial charge on any atom is 0.222 e. The van der Waals surface area contributed by atoms with E-state index in [2.05, 4.69) is 54.6 Å². The number of nitrogens with one attached hydrogen (secondary N) is 1. The highest BCUT2D eigenvalue weighted by Crippen LogP contribution is 2.46. The highest BCUT2D eigenvalue weighted by molar-refractivity contribution is 5.73. The Morgan fingerprint density at radius 1 is 1.22 bits per heavy atom. The van der Waals surface area contributed by atoms with E-state index in [1.807, 2.05) is 0 Å². The van der Waals surface area contributed by atoms with Crippen molar-refractivity contribution in [3.63, 3.8) is 0 Å². The maximum atomic E-state index is 11.7. The Kier molecular flexibility index (Phi) is 4.21. The number of carbonyl (C=O) groups is 1. The average Bonchev–Trinajstić information content (AvgIpc) is 2.86. The summed E-state index contributed by atoms with van der Waals surface area (Å²) in [6.07, 6.45) is 3.06. The van der Waals surface area contributed by atoms with Crippen LogP contribution in [0.3, 0.4) is 0 Å². The molecule has 1 saturated heterocycles. The Morgan fingerprint density at radius 2 is 1.83 bits per heavy atom. The van der Waals surface area contributed by atoms with Gasteiger partial charge in [-0.3, -0.25) is 15.0 Å². The molecular weight excluding hydrogens is 290 g/mol. The zero-order chi connectivity index (χ0) is 16.7. The lowest BCUT2D eigenvalue weighted by Crippen LogP contribution is -2.54. The van der Waals surface area contributed by atoms with Crippen LogP contribution in [0.4, 0.5) is 0 Å². The van der Waals surface area contributed by atoms with Gasteiger partial charge in [0.25, 0.3) is 0 Å². The average molecular weight is 317 g/mol. The van der Waals surface area contributed by atoms with Crippen LogP contribution < -0.4 is 5.32 Å². The molecule has 1 amide bonds. The van der Waals surface area contributed by atoms with Crippen molar-refractivity contribution in [3.05, 3.63) is 35.9 Å². The predicted molar refractivity (Wildman–Crippen MR) is 89.5 cm³/mol. The van der Waals surface area contributed by atoms with Gasteiger partial charge < -0.3 is 10.0 Å². The molecule has 1 aromatic rings. The smallest absolute Gasteiger partial charge is 0.222 e. The van der Waals surface area contributed by atoms with Crippen molar-refractivity contribution >= 4 is 5.91 Å². The van der Waals surface area contributed by atoms with Crippen LogP contribution in [0.2, 0.25) is 0 Å². The van der Waals surface area contributed by atoms with E-state index in [9.17, 15) is 9.90 Å². The minimum atomic E-state index is -0.851. The van der Waals surface area contributed by atoms with Crippen molar-refractivity contribution in [2.75, 3.05) is 20.6 Å². The van der Waals surface area contributed by atoms with Gasteiger partial charge in [-0.1, -0.05) is 30.3 Å². The summed E-state index contributed by atoms with van der Waals surface area (Å²) in [5.74, 6) is -0.0746. The van der Waals surface area contributed by atoms with Crippen LogP contribution >= 0.6 is 0 Å². The summed E-state index contributed by atoms with van der Waals surface area (Å²) in [5.41, 5.74) is 1.23. The lowest BCUT2D eigenvalue weighted by molar-refractivity contribution is -0.136. The zero-order valence-electron chi connectivity index (χ0n) is 14.2. The van der Waals surface area contributed by atoms with Gasteiger partial charge in [0.15, 0.2) is 6.35 Å². The molecule has 1 aliphatic carbocycles. The van der Waals surface area contributed by atoms with Crippen LogP contribution in [-0.2, 0) is 10.3 Å². The van der Waals surface area contributed by atoms with Crippen LogP contribution in [-0.4, -0.2) is 53.3 Å². The highest BCUT2D eigenvalue weighted by atomic mass is 16.3. The molecule has 3 rings (SSSR count). The predicted octanol–water partition coefficient (Wildman–Crippen LogP) is 1.48. The second-order valence-corrected chi connectivity index (χ2v) is 7.24. The Labute approximate surface area is 138 Å². The van der Waals surface area contributed by atoms with E-state index in [0.717, 1.165) is 25.7 Å². The SMILES string of the molecule is CC(=O)N1C[C@]2(CC[C@](c3ccccc3)(N(C)C)CC2)NC1O. The molecule has 2 N–H and O–H groups in total. The number of aliphatic hydroxyl groups excluding tert-OH is 1. The van der Waals surface area contributed by atoms with E-state index in [-0.39, 0.29) is 17.0 Å². The van der Waals surface area contributed by atoms with Crippen molar-refractivity contribution in [1.82, 2.24) is 15.1 Å². The van der Waals surface area contributed by atoms with Crippen molar-refractivity contribution < 1.29 is 9.90 Å². The first-order valence-corrected chi connectivity index (χ1v) is 8.35. The van der Waals surface area contributed by atoms with Gasteiger partial charge in [0.1, 0.15) is 0 Å². The molecule has 5 nitrogen and oxygen atoms in total. The molecule has 1 aliphatic heterocycles. The van der Waals surface area contributed by atoms with Crippen molar-refractivity contribution in [1.29, 1.82) is 0 Å². The first kappa shape index (κ1) is 16.4. The standard InChI is InChI=1S/C18H27N3O2/c1-14(22)21-13-17(19-16(21)23)9-11-18(12-10-17,20(2)3)15-7-5-4-6-8-15/h4-8,16,19,23H,9-13H2,1-3H3/t16?,17-,18+. The summed E-state index contributed by atoms with van der Waals surface area (Å²) in [6, 6.07) is 10.7. The molecule has 0 bridgehead atoms. The Morgan fingerprint density at radius 3 is 2.30 bits per heavy atom. The third kappa shape index (κ3) is 2.77. The lowest BCUT2D eigenvalue weighted by Gasteiger charge is -2.48. The van der Waals surface area contributed by atoms with Crippen LogP contribution in [0.5, 0.6) is 0 Å². The van der Waals surface area contributed by atoms with Crippen LogP contribution in [0.1, 0.15) is 38.2 Å². The Bertz CT molecular complexity index is 565. The fourth-order valence-electron chi connectivity index (χ4n) is 4.28. The monoisotopic (exact) mass is 317 g/mol. The van der Waals surface area contributed by atoms with Crippen molar-refractivity contribution in [2.24, 2.45) is 0 Å². The second kappa shape index (κ2) is 5.89. The molecule has 0 radical (unpaired) electrons. The number of hydrogen-bond donors (Lipinski definition) is 2. The molecule has 2 aliphatic rings. The van der Waals surface area contributed by atoms with Crippen molar-refractivity contribution in [3.8, 4) is 0 Å². The molecule has 1 atom stereocenters. The molecule has 1 heterocycles. The third-order valence-electron chi connectivity index (χ3n) is 5.81. The van der Waals surface area contributed by atoms with E-state index >= 15 is 0 Å². The number of aliphatic hydroxyl groups is 1. The highest BCUT2D eigenvalue weighted by Gasteiger charge is 2.50. The number of amides is 1. The molecule has 1 unspecified atom stereocenters. The van der Waals surface area contributed by atoms with E-state index in [4.69, 9.17) is 0 Å². The summed E-state index contributed by atoms with van der Waals surface area (Å²) in [5, 5.41) is 13.4. The first-order chi connectivity index (χ1) is 10.9. The Hall–Kier alpha value is -1.43. The van der Waals surface area contributed by atoms with Gasteiger partial charge in [-0.25, -0.2) is 0 Å². The van der Waals surface area contributed by atoms with Crippen LogP contribution in [0.15, 0.2) is 30.3 Å². The Balaban J connectivity index is 1.80. The molecule has 5 heteroatoms. The fraction of sp³-hybridized carbons (Fsp3) is 0.611. The summed E-state index contributed by atoms with van der Waals surface area (Å²) >= 11 is 0. The summed E-state index contributed by atoms with van der Waals surface area (Å²) in [4.78, 5) is 15.5. The number of nitrogens with zero attached hydrogens (tertiary/aromatic N) is 2. The second-order valence-electron chi connectivity index (χ2n) is 7.24. The summed E-state index contributed by atoms with van der Waals surface area (Å²) in [7, 11) is 4.29. The normalized spacial score (nSPS) is 34.3. The van der Waals surface area contributed by atoms with E-state index in [1.165, 1.54) is 17.4 Å². The van der Waals surface area contributed by atoms with Gasteiger partial charge >= 0.3 is 0 Å². The van der Waals surface area contributed by atoms with Crippen LogP contribution in [0, 0.1) is 0 Å². The number of carbonyl (C=O) groups excluding carboxylic acids is 1. The summed E-state index contributed by atoms with van der Waals surface area (Å²) < 4.78 is 0.